The first-order chi connectivity index (χ1) is 10.7. The van der Waals surface area contributed by atoms with E-state index >= 15 is 0 Å². The summed E-state index contributed by atoms with van der Waals surface area (Å²) in [5, 5.41) is 5.40. The van der Waals surface area contributed by atoms with Crippen molar-refractivity contribution in [1.82, 2.24) is 20.1 Å². The van der Waals surface area contributed by atoms with Gasteiger partial charge in [-0.05, 0) is 32.0 Å². The number of benzene rings is 1. The van der Waals surface area contributed by atoms with Crippen molar-refractivity contribution in [3.8, 4) is 0 Å². The van der Waals surface area contributed by atoms with Crippen molar-refractivity contribution < 1.29 is 9.26 Å². The summed E-state index contributed by atoms with van der Waals surface area (Å²) in [4.78, 5) is 12.0. The number of aromatic amines is 1. The fourth-order valence-corrected chi connectivity index (χ4v) is 2.87. The van der Waals surface area contributed by atoms with Crippen molar-refractivity contribution in [2.45, 2.75) is 30.9 Å². The molecule has 1 aromatic carbocycles. The van der Waals surface area contributed by atoms with Crippen LogP contribution >= 0.6 is 23.4 Å². The van der Waals surface area contributed by atoms with Crippen LogP contribution in [0.4, 0.5) is 0 Å². The molecule has 22 heavy (non-hydrogen) atoms. The van der Waals surface area contributed by atoms with Crippen LogP contribution in [0.15, 0.2) is 27.9 Å². The molecule has 116 valence electrons. The topological polar surface area (TPSA) is 76.8 Å². The summed E-state index contributed by atoms with van der Waals surface area (Å²) in [6.07, 6.45) is -0.166. The number of thioether (sulfide) groups is 1. The minimum absolute atomic E-state index is 0.166. The van der Waals surface area contributed by atoms with Crippen molar-refractivity contribution in [1.29, 1.82) is 0 Å². The lowest BCUT2D eigenvalue weighted by Crippen LogP contribution is -2.01. The number of fused-ring (bicyclic) bond motifs is 1. The summed E-state index contributed by atoms with van der Waals surface area (Å²) in [7, 11) is 0. The smallest absolute Gasteiger partial charge is 0.237 e. The average molecular weight is 339 g/mol. The molecule has 6 nitrogen and oxygen atoms in total. The third-order valence-corrected chi connectivity index (χ3v) is 4.11. The van der Waals surface area contributed by atoms with Crippen molar-refractivity contribution in [3.05, 3.63) is 34.9 Å². The Balaban J connectivity index is 1.66. The third-order valence-electron chi connectivity index (χ3n) is 3.02. The second-order valence-corrected chi connectivity index (χ2v) is 6.04. The van der Waals surface area contributed by atoms with E-state index in [1.54, 1.807) is 0 Å². The van der Waals surface area contributed by atoms with Crippen molar-refractivity contribution >= 4 is 34.4 Å². The van der Waals surface area contributed by atoms with E-state index in [-0.39, 0.29) is 6.10 Å². The highest BCUT2D eigenvalue weighted by atomic mass is 35.5. The van der Waals surface area contributed by atoms with Gasteiger partial charge in [-0.15, -0.1) is 0 Å². The molecule has 1 atom stereocenters. The van der Waals surface area contributed by atoms with Gasteiger partial charge in [-0.25, -0.2) is 4.98 Å². The molecule has 2 aromatic heterocycles. The third kappa shape index (κ3) is 3.43. The molecule has 2 heterocycles. The first-order valence-electron chi connectivity index (χ1n) is 6.88. The van der Waals surface area contributed by atoms with Gasteiger partial charge in [-0.3, -0.25) is 0 Å². The largest absolute Gasteiger partial charge is 0.371 e. The van der Waals surface area contributed by atoms with Crippen LogP contribution in [0, 0.1) is 0 Å². The molecule has 0 spiro atoms. The fraction of sp³-hybridized carbons (Fsp3) is 0.357. The first-order valence-corrected chi connectivity index (χ1v) is 8.24. The molecule has 1 unspecified atom stereocenters. The SMILES string of the molecule is CCOC(C)c1noc(CSc2nc3ccc(Cl)cc3[nH]2)n1. The van der Waals surface area contributed by atoms with E-state index in [4.69, 9.17) is 20.9 Å². The lowest BCUT2D eigenvalue weighted by molar-refractivity contribution is 0.0683. The van der Waals surface area contributed by atoms with Crippen LogP contribution in [0.3, 0.4) is 0 Å². The van der Waals surface area contributed by atoms with Gasteiger partial charge in [0.1, 0.15) is 6.10 Å². The fourth-order valence-electron chi connectivity index (χ4n) is 1.97. The maximum Gasteiger partial charge on any atom is 0.237 e. The number of hydrogen-bond donors (Lipinski definition) is 1. The zero-order chi connectivity index (χ0) is 15.5. The van der Waals surface area contributed by atoms with Crippen LogP contribution in [-0.4, -0.2) is 26.7 Å². The molecular formula is C14H15ClN4O2S. The van der Waals surface area contributed by atoms with Gasteiger partial charge in [0.25, 0.3) is 0 Å². The van der Waals surface area contributed by atoms with Crippen molar-refractivity contribution in [3.63, 3.8) is 0 Å². The quantitative estimate of drug-likeness (QED) is 0.685. The summed E-state index contributed by atoms with van der Waals surface area (Å²) >= 11 is 7.46. The molecule has 0 bridgehead atoms. The summed E-state index contributed by atoms with van der Waals surface area (Å²) in [5.41, 5.74) is 1.79. The molecule has 0 radical (unpaired) electrons. The molecule has 0 aliphatic carbocycles. The lowest BCUT2D eigenvalue weighted by atomic mass is 10.3. The number of ether oxygens (including phenoxy) is 1. The van der Waals surface area contributed by atoms with Gasteiger partial charge in [-0.1, -0.05) is 28.5 Å². The van der Waals surface area contributed by atoms with Gasteiger partial charge in [0.05, 0.1) is 16.8 Å². The number of nitrogens with one attached hydrogen (secondary N) is 1. The van der Waals surface area contributed by atoms with Crippen LogP contribution < -0.4 is 0 Å². The number of hydrogen-bond acceptors (Lipinski definition) is 6. The molecule has 1 N–H and O–H groups in total. The normalized spacial score (nSPS) is 12.9. The second kappa shape index (κ2) is 6.68. The summed E-state index contributed by atoms with van der Waals surface area (Å²) in [6, 6.07) is 5.55. The Labute approximate surface area is 136 Å². The zero-order valence-corrected chi connectivity index (χ0v) is 13.7. The molecule has 3 rings (SSSR count). The highest BCUT2D eigenvalue weighted by molar-refractivity contribution is 7.98. The Morgan fingerprint density at radius 1 is 1.41 bits per heavy atom. The number of imidazole rings is 1. The molecule has 0 fully saturated rings. The van der Waals surface area contributed by atoms with Crippen molar-refractivity contribution in [2.75, 3.05) is 6.61 Å². The highest BCUT2D eigenvalue weighted by Crippen LogP contribution is 2.24. The molecule has 8 heteroatoms. The molecule has 0 aliphatic heterocycles. The van der Waals surface area contributed by atoms with E-state index < -0.39 is 0 Å². The van der Waals surface area contributed by atoms with E-state index in [2.05, 4.69) is 20.1 Å². The maximum atomic E-state index is 5.96. The predicted octanol–water partition coefficient (Wildman–Crippen LogP) is 3.99. The summed E-state index contributed by atoms with van der Waals surface area (Å²) in [6.45, 7) is 4.44. The van der Waals surface area contributed by atoms with Gasteiger partial charge in [0, 0.05) is 11.6 Å². The van der Waals surface area contributed by atoms with Gasteiger partial charge in [-0.2, -0.15) is 4.98 Å². The van der Waals surface area contributed by atoms with Gasteiger partial charge < -0.3 is 14.2 Å². The van der Waals surface area contributed by atoms with Gasteiger partial charge in [0.15, 0.2) is 11.0 Å². The number of nitrogens with zero attached hydrogens (tertiary/aromatic N) is 3. The Morgan fingerprint density at radius 2 is 2.27 bits per heavy atom. The Bertz CT molecular complexity index is 773. The predicted molar refractivity (Wildman–Crippen MR) is 85.0 cm³/mol. The molecule has 0 amide bonds. The average Bonchev–Trinajstić information content (AvgIpc) is 3.11. The molecule has 3 aromatic rings. The Morgan fingerprint density at radius 3 is 3.09 bits per heavy atom. The minimum atomic E-state index is -0.166. The highest BCUT2D eigenvalue weighted by Gasteiger charge is 2.14. The van der Waals surface area contributed by atoms with E-state index in [0.717, 1.165) is 16.2 Å². The van der Waals surface area contributed by atoms with Crippen LogP contribution in [-0.2, 0) is 10.5 Å². The van der Waals surface area contributed by atoms with Crippen LogP contribution in [0.5, 0.6) is 0 Å². The summed E-state index contributed by atoms with van der Waals surface area (Å²) in [5.74, 6) is 1.65. The summed E-state index contributed by atoms with van der Waals surface area (Å²) < 4.78 is 10.7. The van der Waals surface area contributed by atoms with E-state index in [1.165, 1.54) is 11.8 Å². The maximum absolute atomic E-state index is 5.96. The molecule has 0 saturated carbocycles. The molecule has 0 saturated heterocycles. The first kappa shape index (κ1) is 15.3. The van der Waals surface area contributed by atoms with Crippen LogP contribution in [0.25, 0.3) is 11.0 Å². The Kier molecular flexibility index (Phi) is 4.66. The molecular weight excluding hydrogens is 324 g/mol. The van der Waals surface area contributed by atoms with E-state index in [1.807, 2.05) is 32.0 Å². The zero-order valence-electron chi connectivity index (χ0n) is 12.2. The molecule has 0 aliphatic rings. The standard InChI is InChI=1S/C14H15ClN4O2S/c1-3-20-8(2)13-18-12(21-19-13)7-22-14-16-10-5-4-9(15)6-11(10)17-14/h4-6,8H,3,7H2,1-2H3,(H,16,17). The lowest BCUT2D eigenvalue weighted by Gasteiger charge is -2.04. The van der Waals surface area contributed by atoms with E-state index in [9.17, 15) is 0 Å². The van der Waals surface area contributed by atoms with Crippen LogP contribution in [0.1, 0.15) is 31.7 Å². The van der Waals surface area contributed by atoms with Gasteiger partial charge in [0.2, 0.25) is 5.89 Å². The van der Waals surface area contributed by atoms with E-state index in [0.29, 0.717) is 29.1 Å². The number of aromatic nitrogens is 4. The number of halogens is 1. The van der Waals surface area contributed by atoms with Crippen molar-refractivity contribution in [2.24, 2.45) is 0 Å². The minimum Gasteiger partial charge on any atom is -0.371 e. The Hall–Kier alpha value is -1.57. The van der Waals surface area contributed by atoms with Gasteiger partial charge >= 0.3 is 0 Å². The van der Waals surface area contributed by atoms with Crippen LogP contribution in [0.2, 0.25) is 5.02 Å². The monoisotopic (exact) mass is 338 g/mol. The number of H-pyrrole nitrogens is 1. The number of rotatable bonds is 6. The second-order valence-electron chi connectivity index (χ2n) is 4.64.